The normalized spacial score (nSPS) is 16.5. The molecule has 0 N–H and O–H groups in total. The zero-order valence-corrected chi connectivity index (χ0v) is 12.0. The van der Waals surface area contributed by atoms with Gasteiger partial charge in [-0.25, -0.2) is 4.98 Å². The van der Waals surface area contributed by atoms with Crippen LogP contribution in [0.4, 0.5) is 5.13 Å². The van der Waals surface area contributed by atoms with Crippen molar-refractivity contribution in [2.75, 3.05) is 25.2 Å². The highest BCUT2D eigenvalue weighted by molar-refractivity contribution is 7.17. The van der Waals surface area contributed by atoms with Crippen molar-refractivity contribution in [2.45, 2.75) is 39.2 Å². The van der Waals surface area contributed by atoms with Gasteiger partial charge in [-0.3, -0.25) is 4.79 Å². The van der Waals surface area contributed by atoms with E-state index in [0.717, 1.165) is 35.1 Å². The Bertz CT molecular complexity index is 431. The minimum atomic E-state index is 0.260. The molecule has 1 aliphatic rings. The Morgan fingerprint density at radius 3 is 2.89 bits per heavy atom. The van der Waals surface area contributed by atoms with Gasteiger partial charge in [-0.1, -0.05) is 11.3 Å². The summed E-state index contributed by atoms with van der Waals surface area (Å²) in [5.74, 6) is 0.260. The number of hydrogen-bond donors (Lipinski definition) is 0. The number of likely N-dealkylation sites (N-methyl/N-ethyl adjacent to an activating group) is 1. The Balaban J connectivity index is 2.24. The lowest BCUT2D eigenvalue weighted by atomic mass is 10.0. The molecule has 0 aromatic carbocycles. The number of aromatic nitrogens is 1. The number of hydrogen-bond acceptors (Lipinski definition) is 5. The van der Waals surface area contributed by atoms with Crippen LogP contribution in [0.5, 0.6) is 0 Å². The van der Waals surface area contributed by atoms with Crippen LogP contribution in [0.25, 0.3) is 0 Å². The van der Waals surface area contributed by atoms with Crippen LogP contribution >= 0.6 is 11.3 Å². The third kappa shape index (κ3) is 2.57. The number of thiazole rings is 1. The van der Waals surface area contributed by atoms with E-state index in [2.05, 4.69) is 23.7 Å². The van der Waals surface area contributed by atoms with Gasteiger partial charge >= 0.3 is 0 Å². The highest BCUT2D eigenvalue weighted by atomic mass is 32.1. The molecule has 0 radical (unpaired) electrons. The molecule has 0 amide bonds. The van der Waals surface area contributed by atoms with E-state index < -0.39 is 0 Å². The molecule has 5 heteroatoms. The summed E-state index contributed by atoms with van der Waals surface area (Å²) in [7, 11) is 1.71. The summed E-state index contributed by atoms with van der Waals surface area (Å²) in [6.07, 6.45) is 2.55. The predicted octanol–water partition coefficient (Wildman–Crippen LogP) is 2.52. The fourth-order valence-electron chi connectivity index (χ4n) is 2.35. The Labute approximate surface area is 112 Å². The highest BCUT2D eigenvalue weighted by Crippen LogP contribution is 2.32. The number of aryl methyl sites for hydroxylation is 1. The van der Waals surface area contributed by atoms with Crippen LogP contribution in [0.15, 0.2) is 0 Å². The average Bonchev–Trinajstić information content (AvgIpc) is 2.75. The number of carbonyl (C=O) groups is 1. The van der Waals surface area contributed by atoms with Crippen molar-refractivity contribution in [3.05, 3.63) is 10.6 Å². The van der Waals surface area contributed by atoms with E-state index >= 15 is 0 Å². The van der Waals surface area contributed by atoms with Gasteiger partial charge in [0.1, 0.15) is 0 Å². The van der Waals surface area contributed by atoms with Crippen LogP contribution in [0.2, 0.25) is 0 Å². The van der Waals surface area contributed by atoms with Crippen molar-refractivity contribution in [1.29, 1.82) is 0 Å². The second-order valence-corrected chi connectivity index (χ2v) is 5.62. The number of nitrogens with zero attached hydrogens (tertiary/aromatic N) is 2. The third-order valence-corrected chi connectivity index (χ3v) is 4.46. The van der Waals surface area contributed by atoms with Crippen molar-refractivity contribution >= 4 is 22.3 Å². The van der Waals surface area contributed by atoms with Gasteiger partial charge in [-0.15, -0.1) is 0 Å². The first-order valence-electron chi connectivity index (χ1n) is 6.45. The monoisotopic (exact) mass is 268 g/mol. The number of anilines is 1. The zero-order valence-electron chi connectivity index (χ0n) is 11.2. The molecule has 0 bridgehead atoms. The maximum atomic E-state index is 11.8. The Kier molecular flexibility index (Phi) is 4.35. The van der Waals surface area contributed by atoms with Crippen LogP contribution in [0.3, 0.4) is 0 Å². The van der Waals surface area contributed by atoms with Crippen molar-refractivity contribution in [3.63, 3.8) is 0 Å². The fourth-order valence-corrected chi connectivity index (χ4v) is 3.59. The molecule has 1 aliphatic carbocycles. The number of ketones is 1. The number of rotatable bonds is 5. The summed E-state index contributed by atoms with van der Waals surface area (Å²) in [5.41, 5.74) is 0.995. The zero-order chi connectivity index (χ0) is 13.1. The van der Waals surface area contributed by atoms with Crippen molar-refractivity contribution < 1.29 is 9.53 Å². The molecule has 0 spiro atoms. The van der Waals surface area contributed by atoms with Gasteiger partial charge in [0.25, 0.3) is 0 Å². The van der Waals surface area contributed by atoms with Gasteiger partial charge in [0.05, 0.1) is 23.2 Å². The quantitative estimate of drug-likeness (QED) is 0.823. The molecule has 18 heavy (non-hydrogen) atoms. The molecule has 0 fully saturated rings. The lowest BCUT2D eigenvalue weighted by molar-refractivity contribution is 0.0976. The first kappa shape index (κ1) is 13.5. The molecule has 1 aromatic rings. The molecule has 0 saturated heterocycles. The maximum Gasteiger partial charge on any atom is 0.186 e. The predicted molar refractivity (Wildman–Crippen MR) is 73.7 cm³/mol. The van der Waals surface area contributed by atoms with Gasteiger partial charge in [-0.2, -0.15) is 0 Å². The highest BCUT2D eigenvalue weighted by Gasteiger charge is 2.25. The minimum absolute atomic E-state index is 0.260. The number of Topliss-reactive ketones (excluding diaryl/α,β-unsaturated/α-hetero) is 1. The fraction of sp³-hybridized carbons (Fsp3) is 0.692. The minimum Gasteiger partial charge on any atom is -0.383 e. The summed E-state index contributed by atoms with van der Waals surface area (Å²) < 4.78 is 5.20. The molecular formula is C13H20N2O2S. The summed E-state index contributed by atoms with van der Waals surface area (Å²) in [6.45, 7) is 5.78. The van der Waals surface area contributed by atoms with Crippen LogP contribution in [-0.4, -0.2) is 37.1 Å². The van der Waals surface area contributed by atoms with Gasteiger partial charge < -0.3 is 9.64 Å². The van der Waals surface area contributed by atoms with E-state index in [1.54, 1.807) is 18.4 Å². The van der Waals surface area contributed by atoms with Crippen molar-refractivity contribution in [2.24, 2.45) is 0 Å². The van der Waals surface area contributed by atoms with Gasteiger partial charge in [0.15, 0.2) is 10.9 Å². The van der Waals surface area contributed by atoms with Gasteiger partial charge in [0.2, 0.25) is 0 Å². The summed E-state index contributed by atoms with van der Waals surface area (Å²) in [4.78, 5) is 19.6. The molecule has 0 saturated carbocycles. The van der Waals surface area contributed by atoms with E-state index in [4.69, 9.17) is 4.74 Å². The molecule has 1 heterocycles. The first-order valence-corrected chi connectivity index (χ1v) is 7.27. The Morgan fingerprint density at radius 2 is 2.28 bits per heavy atom. The lowest BCUT2D eigenvalue weighted by Gasteiger charge is -2.26. The van der Waals surface area contributed by atoms with Crippen LogP contribution in [0, 0.1) is 0 Å². The second kappa shape index (κ2) is 5.80. The van der Waals surface area contributed by atoms with Crippen LogP contribution < -0.4 is 4.90 Å². The summed E-state index contributed by atoms with van der Waals surface area (Å²) in [6, 6.07) is 0.280. The van der Waals surface area contributed by atoms with Crippen LogP contribution in [-0.2, 0) is 11.2 Å². The smallest absolute Gasteiger partial charge is 0.186 e. The number of carbonyl (C=O) groups excluding carboxylic acids is 1. The van der Waals surface area contributed by atoms with Crippen molar-refractivity contribution in [1.82, 2.24) is 4.98 Å². The largest absolute Gasteiger partial charge is 0.383 e. The molecular weight excluding hydrogens is 248 g/mol. The number of methoxy groups -OCH3 is 1. The van der Waals surface area contributed by atoms with E-state index in [9.17, 15) is 4.79 Å². The molecule has 100 valence electrons. The van der Waals surface area contributed by atoms with Gasteiger partial charge in [0, 0.05) is 20.1 Å². The number of fused-ring (bicyclic) bond motifs is 1. The van der Waals surface area contributed by atoms with E-state index in [0.29, 0.717) is 13.0 Å². The number of ether oxygens (including phenoxy) is 1. The molecule has 0 aliphatic heterocycles. The lowest BCUT2D eigenvalue weighted by Crippen LogP contribution is -2.36. The molecule has 2 rings (SSSR count). The van der Waals surface area contributed by atoms with Gasteiger partial charge in [-0.05, 0) is 26.7 Å². The van der Waals surface area contributed by atoms with E-state index in [1.807, 2.05) is 0 Å². The summed E-state index contributed by atoms with van der Waals surface area (Å²) >= 11 is 1.54. The Morgan fingerprint density at radius 1 is 1.50 bits per heavy atom. The van der Waals surface area contributed by atoms with E-state index in [-0.39, 0.29) is 11.8 Å². The standard InChI is InChI=1S/C13H20N2O2S/c1-4-15(9(2)8-17-3)13-14-10-6-5-7-11(16)12(10)18-13/h9H,4-8H2,1-3H3. The third-order valence-electron chi connectivity index (χ3n) is 3.28. The molecule has 1 aromatic heterocycles. The molecule has 1 unspecified atom stereocenters. The second-order valence-electron chi connectivity index (χ2n) is 4.64. The topological polar surface area (TPSA) is 42.4 Å². The molecule has 4 nitrogen and oxygen atoms in total. The van der Waals surface area contributed by atoms with Crippen molar-refractivity contribution in [3.8, 4) is 0 Å². The Hall–Kier alpha value is -0.940. The van der Waals surface area contributed by atoms with E-state index in [1.165, 1.54) is 0 Å². The average molecular weight is 268 g/mol. The maximum absolute atomic E-state index is 11.8. The first-order chi connectivity index (χ1) is 8.67. The summed E-state index contributed by atoms with van der Waals surface area (Å²) in [5, 5.41) is 0.960. The SMILES string of the molecule is CCN(c1nc2c(s1)C(=O)CCC2)C(C)COC. The molecule has 1 atom stereocenters. The van der Waals surface area contributed by atoms with Crippen LogP contribution in [0.1, 0.15) is 42.1 Å².